The summed E-state index contributed by atoms with van der Waals surface area (Å²) in [7, 11) is 0. The Bertz CT molecular complexity index is 1260. The molecule has 0 aliphatic carbocycles. The highest BCUT2D eigenvalue weighted by Crippen LogP contribution is 2.20. The van der Waals surface area contributed by atoms with E-state index in [2.05, 4.69) is 16.0 Å². The van der Waals surface area contributed by atoms with Gasteiger partial charge in [0.1, 0.15) is 23.9 Å². The number of nitrogens with two attached hydrogens (primary N) is 2. The minimum Gasteiger partial charge on any atom is -0.508 e. The Labute approximate surface area is 253 Å². The van der Waals surface area contributed by atoms with E-state index >= 15 is 0 Å². The lowest BCUT2D eigenvalue weighted by molar-refractivity contribution is -0.144. The van der Waals surface area contributed by atoms with Crippen LogP contribution in [0.1, 0.15) is 44.1 Å². The van der Waals surface area contributed by atoms with E-state index in [0.29, 0.717) is 32.2 Å². The maximum Gasteiger partial charge on any atom is 0.326 e. The highest BCUT2D eigenvalue weighted by Gasteiger charge is 2.37. The molecule has 2 saturated heterocycles. The molecule has 2 aliphatic rings. The number of phenols is 1. The number of carbonyl (C=O) groups is 7. The molecule has 0 bridgehead atoms. The quantitative estimate of drug-likeness (QED) is 0.114. The fraction of sp³-hybridized carbons (Fsp3) is 0.536. The highest BCUT2D eigenvalue weighted by atomic mass is 16.4. The zero-order chi connectivity index (χ0) is 32.4. The molecular weight excluding hydrogens is 578 g/mol. The average molecular weight is 618 g/mol. The van der Waals surface area contributed by atoms with E-state index in [0.717, 1.165) is 5.56 Å². The van der Waals surface area contributed by atoms with E-state index in [9.17, 15) is 43.8 Å². The molecular formula is C28H39N7O9. The summed E-state index contributed by atoms with van der Waals surface area (Å²) in [4.78, 5) is 88.8. The van der Waals surface area contributed by atoms with Crippen LogP contribution in [0.4, 0.5) is 0 Å². The first-order valence-electron chi connectivity index (χ1n) is 14.4. The Morgan fingerprint density at radius 1 is 0.886 bits per heavy atom. The molecule has 0 spiro atoms. The molecule has 0 unspecified atom stereocenters. The largest absolute Gasteiger partial charge is 0.508 e. The van der Waals surface area contributed by atoms with Gasteiger partial charge < -0.3 is 47.4 Å². The smallest absolute Gasteiger partial charge is 0.326 e. The van der Waals surface area contributed by atoms with Crippen LogP contribution in [0.2, 0.25) is 0 Å². The molecule has 0 saturated carbocycles. The van der Waals surface area contributed by atoms with Gasteiger partial charge in [-0.25, -0.2) is 4.79 Å². The monoisotopic (exact) mass is 617 g/mol. The second-order valence-corrected chi connectivity index (χ2v) is 10.8. The molecule has 44 heavy (non-hydrogen) atoms. The second kappa shape index (κ2) is 15.7. The second-order valence-electron chi connectivity index (χ2n) is 10.8. The first-order valence-corrected chi connectivity index (χ1v) is 14.4. The van der Waals surface area contributed by atoms with Crippen LogP contribution in [0.5, 0.6) is 5.75 Å². The summed E-state index contributed by atoms with van der Waals surface area (Å²) in [5.74, 6) is -4.82. The highest BCUT2D eigenvalue weighted by molar-refractivity contribution is 5.94. The molecule has 4 atom stereocenters. The lowest BCUT2D eigenvalue weighted by atomic mass is 10.0. The summed E-state index contributed by atoms with van der Waals surface area (Å²) in [6.45, 7) is -0.344. The SMILES string of the molecule is NC(=O)CC[C@H](NC(=O)[C@@H]1CCCN1C(=O)CNC(=O)CNC(=O)[C@@H]1CCCN1C(=O)[C@@H](N)Cc1ccc(O)cc1)C(=O)O. The summed E-state index contributed by atoms with van der Waals surface area (Å²) in [5.41, 5.74) is 11.9. The van der Waals surface area contributed by atoms with Gasteiger partial charge in [-0.3, -0.25) is 28.8 Å². The molecule has 9 N–H and O–H groups in total. The van der Waals surface area contributed by atoms with E-state index in [1.165, 1.54) is 21.9 Å². The van der Waals surface area contributed by atoms with Gasteiger partial charge in [-0.05, 0) is 56.2 Å². The summed E-state index contributed by atoms with van der Waals surface area (Å²) in [5, 5.41) is 26.0. The zero-order valence-corrected chi connectivity index (χ0v) is 24.2. The van der Waals surface area contributed by atoms with Crippen LogP contribution in [-0.2, 0) is 40.0 Å². The van der Waals surface area contributed by atoms with E-state index in [1.807, 2.05) is 0 Å². The molecule has 16 heteroatoms. The molecule has 2 fully saturated rings. The number of nitrogens with zero attached hydrogens (tertiary/aromatic N) is 2. The Kier molecular flexibility index (Phi) is 12.0. The fourth-order valence-corrected chi connectivity index (χ4v) is 5.26. The number of primary amides is 1. The molecule has 240 valence electrons. The Morgan fingerprint density at radius 3 is 2.11 bits per heavy atom. The Hall–Kier alpha value is -4.73. The van der Waals surface area contributed by atoms with Crippen molar-refractivity contribution in [3.05, 3.63) is 29.8 Å². The number of carboxylic acid groups (broad SMARTS) is 1. The Morgan fingerprint density at radius 2 is 1.50 bits per heavy atom. The van der Waals surface area contributed by atoms with Crippen molar-refractivity contribution in [2.24, 2.45) is 11.5 Å². The van der Waals surface area contributed by atoms with Crippen LogP contribution in [0.3, 0.4) is 0 Å². The topological polar surface area (TPSA) is 255 Å². The summed E-state index contributed by atoms with van der Waals surface area (Å²) in [6, 6.07) is 2.30. The molecule has 6 amide bonds. The van der Waals surface area contributed by atoms with Crippen LogP contribution in [0, 0.1) is 0 Å². The van der Waals surface area contributed by atoms with Gasteiger partial charge >= 0.3 is 5.97 Å². The molecule has 3 rings (SSSR count). The maximum absolute atomic E-state index is 13.0. The van der Waals surface area contributed by atoms with Crippen molar-refractivity contribution >= 4 is 41.4 Å². The van der Waals surface area contributed by atoms with Crippen molar-refractivity contribution < 1.29 is 43.8 Å². The molecule has 1 aromatic carbocycles. The van der Waals surface area contributed by atoms with Crippen molar-refractivity contribution in [3.8, 4) is 5.75 Å². The standard InChI is InChI=1S/C28H39N7O9/c29-18(13-16-5-7-17(36)8-6-16)27(42)35-12-2-3-20(35)25(40)32-14-23(38)31-15-24(39)34-11-1-4-21(34)26(41)33-19(28(43)44)9-10-22(30)37/h5-8,18-21,36H,1-4,9-15,29H2,(H2,30,37)(H,31,38)(H,32,40)(H,33,41)(H,43,44)/t18-,19-,20-,21-/m0/s1. The minimum atomic E-state index is -1.35. The number of amides is 6. The van der Waals surface area contributed by atoms with Crippen LogP contribution in [0.25, 0.3) is 0 Å². The van der Waals surface area contributed by atoms with Crippen LogP contribution in [0.15, 0.2) is 24.3 Å². The van der Waals surface area contributed by atoms with Gasteiger partial charge in [0.05, 0.1) is 19.1 Å². The van der Waals surface area contributed by atoms with Gasteiger partial charge in [0.15, 0.2) is 0 Å². The van der Waals surface area contributed by atoms with Crippen molar-refractivity contribution in [2.75, 3.05) is 26.2 Å². The van der Waals surface area contributed by atoms with Gasteiger partial charge in [-0.1, -0.05) is 12.1 Å². The number of aliphatic carboxylic acids is 1. The molecule has 2 aliphatic heterocycles. The summed E-state index contributed by atoms with van der Waals surface area (Å²) < 4.78 is 0. The summed E-state index contributed by atoms with van der Waals surface area (Å²) >= 11 is 0. The van der Waals surface area contributed by atoms with Gasteiger partial charge in [0.25, 0.3) is 0 Å². The van der Waals surface area contributed by atoms with E-state index in [1.54, 1.807) is 12.1 Å². The number of hydrogen-bond acceptors (Lipinski definition) is 9. The van der Waals surface area contributed by atoms with Gasteiger partial charge in [-0.2, -0.15) is 0 Å². The molecule has 0 aromatic heterocycles. The van der Waals surface area contributed by atoms with Crippen LogP contribution >= 0.6 is 0 Å². The van der Waals surface area contributed by atoms with Crippen molar-refractivity contribution in [1.29, 1.82) is 0 Å². The van der Waals surface area contributed by atoms with Crippen molar-refractivity contribution in [1.82, 2.24) is 25.8 Å². The van der Waals surface area contributed by atoms with E-state index in [4.69, 9.17) is 11.5 Å². The number of carboxylic acids is 1. The van der Waals surface area contributed by atoms with Crippen molar-refractivity contribution in [2.45, 2.75) is 69.1 Å². The fourth-order valence-electron chi connectivity index (χ4n) is 5.26. The number of rotatable bonds is 14. The van der Waals surface area contributed by atoms with Crippen molar-refractivity contribution in [3.63, 3.8) is 0 Å². The first-order chi connectivity index (χ1) is 20.9. The van der Waals surface area contributed by atoms with Gasteiger partial charge in [0.2, 0.25) is 35.4 Å². The third kappa shape index (κ3) is 9.39. The predicted octanol–water partition coefficient (Wildman–Crippen LogP) is -2.69. The molecule has 1 aromatic rings. The molecule has 2 heterocycles. The number of hydrogen-bond donors (Lipinski definition) is 7. The third-order valence-electron chi connectivity index (χ3n) is 7.58. The Balaban J connectivity index is 1.44. The minimum absolute atomic E-state index is 0.0897. The molecule has 0 radical (unpaired) electrons. The number of nitrogens with one attached hydrogen (secondary N) is 3. The predicted molar refractivity (Wildman–Crippen MR) is 153 cm³/mol. The average Bonchev–Trinajstić information content (AvgIpc) is 3.68. The van der Waals surface area contributed by atoms with Crippen LogP contribution < -0.4 is 27.4 Å². The van der Waals surface area contributed by atoms with Crippen LogP contribution in [-0.4, -0.2) is 112 Å². The number of aromatic hydroxyl groups is 1. The third-order valence-corrected chi connectivity index (χ3v) is 7.58. The van der Waals surface area contributed by atoms with Gasteiger partial charge in [0, 0.05) is 19.5 Å². The zero-order valence-electron chi connectivity index (χ0n) is 24.2. The first kappa shape index (κ1) is 33.8. The summed E-state index contributed by atoms with van der Waals surface area (Å²) in [6.07, 6.45) is 1.54. The molecule has 16 nitrogen and oxygen atoms in total. The number of phenolic OH excluding ortho intramolecular Hbond substituents is 1. The van der Waals surface area contributed by atoms with E-state index in [-0.39, 0.29) is 31.6 Å². The van der Waals surface area contributed by atoms with Gasteiger partial charge in [-0.15, -0.1) is 0 Å². The lowest BCUT2D eigenvalue weighted by Gasteiger charge is -2.27. The number of benzene rings is 1. The number of carbonyl (C=O) groups excluding carboxylic acids is 6. The normalized spacial score (nSPS) is 19.1. The number of likely N-dealkylation sites (tertiary alicyclic amines) is 2. The maximum atomic E-state index is 13.0. The van der Waals surface area contributed by atoms with E-state index < -0.39 is 78.7 Å². The lowest BCUT2D eigenvalue weighted by Crippen LogP contribution is -2.54.